The van der Waals surface area contributed by atoms with E-state index >= 15 is 0 Å². The first kappa shape index (κ1) is 10.6. The average Bonchev–Trinajstić information content (AvgIpc) is 2.69. The Labute approximate surface area is 93.1 Å². The van der Waals surface area contributed by atoms with E-state index in [0.29, 0.717) is 16.7 Å². The first-order valence-corrected chi connectivity index (χ1v) is 5.35. The van der Waals surface area contributed by atoms with Crippen molar-refractivity contribution in [2.45, 2.75) is 26.2 Å². The Hall–Kier alpha value is -1.91. The summed E-state index contributed by atoms with van der Waals surface area (Å²) in [4.78, 5) is 22.6. The fourth-order valence-corrected chi connectivity index (χ4v) is 1.59. The number of aromatic nitrogens is 3. The molecule has 3 N–H and O–H groups in total. The second kappa shape index (κ2) is 4.30. The van der Waals surface area contributed by atoms with Crippen molar-refractivity contribution in [3.8, 4) is 0 Å². The molecule has 2 aromatic rings. The zero-order chi connectivity index (χ0) is 11.5. The van der Waals surface area contributed by atoms with Crippen LogP contribution in [0.3, 0.4) is 0 Å². The summed E-state index contributed by atoms with van der Waals surface area (Å²) in [6.07, 6.45) is 6.34. The molecule has 0 unspecified atom stereocenters. The first-order valence-electron chi connectivity index (χ1n) is 5.35. The minimum atomic E-state index is -0.479. The molecule has 2 rings (SSSR count). The van der Waals surface area contributed by atoms with Crippen molar-refractivity contribution in [1.29, 1.82) is 0 Å². The number of aromatic amines is 1. The number of primary amides is 1. The SMILES string of the molecule is CCCCc1cnc2[nH]cc(C(N)=O)c2n1. The molecule has 16 heavy (non-hydrogen) atoms. The third-order valence-corrected chi connectivity index (χ3v) is 2.48. The number of hydrogen-bond donors (Lipinski definition) is 2. The minimum Gasteiger partial charge on any atom is -0.365 e. The van der Waals surface area contributed by atoms with E-state index in [1.54, 1.807) is 12.4 Å². The number of amides is 1. The number of H-pyrrole nitrogens is 1. The van der Waals surface area contributed by atoms with E-state index in [9.17, 15) is 4.79 Å². The molecule has 84 valence electrons. The zero-order valence-electron chi connectivity index (χ0n) is 9.16. The monoisotopic (exact) mass is 218 g/mol. The van der Waals surface area contributed by atoms with Gasteiger partial charge in [-0.15, -0.1) is 0 Å². The fourth-order valence-electron chi connectivity index (χ4n) is 1.59. The third kappa shape index (κ3) is 1.88. The van der Waals surface area contributed by atoms with Gasteiger partial charge >= 0.3 is 0 Å². The summed E-state index contributed by atoms with van der Waals surface area (Å²) in [5.74, 6) is -0.479. The Morgan fingerprint density at radius 2 is 2.38 bits per heavy atom. The topological polar surface area (TPSA) is 84.7 Å². The van der Waals surface area contributed by atoms with Crippen LogP contribution in [0.5, 0.6) is 0 Å². The van der Waals surface area contributed by atoms with Crippen LogP contribution in [0.25, 0.3) is 11.2 Å². The average molecular weight is 218 g/mol. The molecule has 0 aromatic carbocycles. The largest absolute Gasteiger partial charge is 0.365 e. The lowest BCUT2D eigenvalue weighted by Crippen LogP contribution is -2.10. The lowest BCUT2D eigenvalue weighted by atomic mass is 10.2. The molecular formula is C11H14N4O. The number of nitrogens with two attached hydrogens (primary N) is 1. The summed E-state index contributed by atoms with van der Waals surface area (Å²) in [5.41, 5.74) is 7.73. The van der Waals surface area contributed by atoms with Crippen molar-refractivity contribution in [2.24, 2.45) is 5.73 Å². The van der Waals surface area contributed by atoms with Gasteiger partial charge in [-0.05, 0) is 12.8 Å². The number of carbonyl (C=O) groups is 1. The van der Waals surface area contributed by atoms with Crippen LogP contribution in [-0.4, -0.2) is 20.9 Å². The molecule has 0 aliphatic carbocycles. The van der Waals surface area contributed by atoms with E-state index < -0.39 is 5.91 Å². The molecule has 0 aliphatic heterocycles. The van der Waals surface area contributed by atoms with E-state index in [4.69, 9.17) is 5.73 Å². The summed E-state index contributed by atoms with van der Waals surface area (Å²) < 4.78 is 0. The molecule has 0 fully saturated rings. The van der Waals surface area contributed by atoms with Crippen LogP contribution >= 0.6 is 0 Å². The van der Waals surface area contributed by atoms with Crippen molar-refractivity contribution in [3.05, 3.63) is 23.7 Å². The third-order valence-electron chi connectivity index (χ3n) is 2.48. The number of rotatable bonds is 4. The van der Waals surface area contributed by atoms with Gasteiger partial charge in [-0.1, -0.05) is 13.3 Å². The van der Waals surface area contributed by atoms with Gasteiger partial charge in [-0.3, -0.25) is 4.79 Å². The summed E-state index contributed by atoms with van der Waals surface area (Å²) in [7, 11) is 0. The summed E-state index contributed by atoms with van der Waals surface area (Å²) in [6, 6.07) is 0. The van der Waals surface area contributed by atoms with Crippen LogP contribution in [0.15, 0.2) is 12.4 Å². The van der Waals surface area contributed by atoms with E-state index in [-0.39, 0.29) is 0 Å². The number of nitrogens with zero attached hydrogens (tertiary/aromatic N) is 2. The van der Waals surface area contributed by atoms with Crippen LogP contribution < -0.4 is 5.73 Å². The maximum atomic E-state index is 11.1. The van der Waals surface area contributed by atoms with Gasteiger partial charge < -0.3 is 10.7 Å². The van der Waals surface area contributed by atoms with Crippen molar-refractivity contribution in [3.63, 3.8) is 0 Å². The Morgan fingerprint density at radius 3 is 3.06 bits per heavy atom. The van der Waals surface area contributed by atoms with E-state index in [1.165, 1.54) is 0 Å². The lowest BCUT2D eigenvalue weighted by Gasteiger charge is -1.99. The van der Waals surface area contributed by atoms with Gasteiger partial charge in [-0.25, -0.2) is 9.97 Å². The molecule has 5 heteroatoms. The van der Waals surface area contributed by atoms with E-state index in [0.717, 1.165) is 25.0 Å². The number of unbranched alkanes of at least 4 members (excludes halogenated alkanes) is 1. The molecule has 1 amide bonds. The molecular weight excluding hydrogens is 204 g/mol. The van der Waals surface area contributed by atoms with Gasteiger partial charge in [0, 0.05) is 6.20 Å². The number of fused-ring (bicyclic) bond motifs is 1. The van der Waals surface area contributed by atoms with E-state index in [1.807, 2.05) is 0 Å². The molecule has 0 atom stereocenters. The number of aryl methyl sites for hydroxylation is 1. The highest BCUT2D eigenvalue weighted by molar-refractivity contribution is 6.03. The van der Waals surface area contributed by atoms with Crippen molar-refractivity contribution < 1.29 is 4.79 Å². The number of nitrogens with one attached hydrogen (secondary N) is 1. The molecule has 0 bridgehead atoms. The molecule has 0 saturated carbocycles. The van der Waals surface area contributed by atoms with Crippen molar-refractivity contribution in [1.82, 2.24) is 15.0 Å². The van der Waals surface area contributed by atoms with E-state index in [2.05, 4.69) is 21.9 Å². The van der Waals surface area contributed by atoms with Gasteiger partial charge in [0.15, 0.2) is 5.65 Å². The predicted molar refractivity (Wildman–Crippen MR) is 61.0 cm³/mol. The molecule has 2 aromatic heterocycles. The minimum absolute atomic E-state index is 0.404. The smallest absolute Gasteiger partial charge is 0.252 e. The Bertz CT molecular complexity index is 518. The van der Waals surface area contributed by atoms with Gasteiger partial charge in [0.1, 0.15) is 5.52 Å². The molecule has 0 aliphatic rings. The normalized spacial score (nSPS) is 10.8. The second-order valence-electron chi connectivity index (χ2n) is 3.73. The maximum Gasteiger partial charge on any atom is 0.252 e. The highest BCUT2D eigenvalue weighted by atomic mass is 16.1. The maximum absolute atomic E-state index is 11.1. The zero-order valence-corrected chi connectivity index (χ0v) is 9.16. The molecule has 5 nitrogen and oxygen atoms in total. The lowest BCUT2D eigenvalue weighted by molar-refractivity contribution is 0.100. The standard InChI is InChI=1S/C11H14N4O/c1-2-3-4-7-5-13-11-9(15-7)8(6-14-11)10(12)16/h5-6H,2-4H2,1H3,(H2,12,16)(H,13,14). The van der Waals surface area contributed by atoms with Gasteiger partial charge in [0.2, 0.25) is 0 Å². The molecule has 0 spiro atoms. The van der Waals surface area contributed by atoms with Crippen LogP contribution in [-0.2, 0) is 6.42 Å². The number of hydrogen-bond acceptors (Lipinski definition) is 3. The Morgan fingerprint density at radius 1 is 1.56 bits per heavy atom. The summed E-state index contributed by atoms with van der Waals surface area (Å²) in [6.45, 7) is 2.12. The van der Waals surface area contributed by atoms with Crippen LogP contribution in [0.4, 0.5) is 0 Å². The van der Waals surface area contributed by atoms with Crippen LogP contribution in [0.2, 0.25) is 0 Å². The Kier molecular flexibility index (Phi) is 2.85. The summed E-state index contributed by atoms with van der Waals surface area (Å²) >= 11 is 0. The quantitative estimate of drug-likeness (QED) is 0.813. The predicted octanol–water partition coefficient (Wildman–Crippen LogP) is 1.40. The Balaban J connectivity index is 2.42. The first-order chi connectivity index (χ1) is 7.72. The van der Waals surface area contributed by atoms with Gasteiger partial charge in [-0.2, -0.15) is 0 Å². The highest BCUT2D eigenvalue weighted by Gasteiger charge is 2.11. The van der Waals surface area contributed by atoms with Crippen LogP contribution in [0.1, 0.15) is 35.8 Å². The van der Waals surface area contributed by atoms with Gasteiger partial charge in [0.05, 0.1) is 17.5 Å². The highest BCUT2D eigenvalue weighted by Crippen LogP contribution is 2.14. The fraction of sp³-hybridized carbons (Fsp3) is 0.364. The molecule has 0 radical (unpaired) electrons. The van der Waals surface area contributed by atoms with Crippen molar-refractivity contribution in [2.75, 3.05) is 0 Å². The van der Waals surface area contributed by atoms with Crippen molar-refractivity contribution >= 4 is 17.1 Å². The second-order valence-corrected chi connectivity index (χ2v) is 3.73. The summed E-state index contributed by atoms with van der Waals surface area (Å²) in [5, 5.41) is 0. The molecule has 0 saturated heterocycles. The van der Waals surface area contributed by atoms with Gasteiger partial charge in [0.25, 0.3) is 5.91 Å². The van der Waals surface area contributed by atoms with Crippen LogP contribution in [0, 0.1) is 0 Å². The molecule has 2 heterocycles. The number of carbonyl (C=O) groups excluding carboxylic acids is 1.